The number of furan rings is 1. The number of carbonyl (C=O) groups is 1. The summed E-state index contributed by atoms with van der Waals surface area (Å²) < 4.78 is 34.4. The monoisotopic (exact) mass is 385 g/mol. The molecule has 2 N–H and O–H groups in total. The van der Waals surface area contributed by atoms with E-state index in [1.54, 1.807) is 24.3 Å². The predicted molar refractivity (Wildman–Crippen MR) is 96.4 cm³/mol. The second kappa shape index (κ2) is 7.10. The van der Waals surface area contributed by atoms with Gasteiger partial charge in [0.1, 0.15) is 11.3 Å². The summed E-state index contributed by atoms with van der Waals surface area (Å²) in [5, 5.41) is 10.7. The molecule has 0 radical (unpaired) electrons. The van der Waals surface area contributed by atoms with Crippen molar-refractivity contribution in [3.63, 3.8) is 0 Å². The number of ether oxygens (including phenoxy) is 1. The van der Waals surface area contributed by atoms with E-state index >= 15 is 0 Å². The molecule has 0 aliphatic heterocycles. The number of nitrogens with zero attached hydrogens (tertiary/aromatic N) is 1. The average molecular weight is 385 g/mol. The molecule has 142 valence electrons. The first-order chi connectivity index (χ1) is 13.5. The normalized spacial score (nSPS) is 11.2. The highest BCUT2D eigenvalue weighted by Crippen LogP contribution is 2.25. The van der Waals surface area contributed by atoms with E-state index in [1.165, 1.54) is 24.3 Å². The van der Waals surface area contributed by atoms with Crippen LogP contribution in [0.5, 0.6) is 5.75 Å². The number of aromatic nitrogens is 2. The van der Waals surface area contributed by atoms with Crippen LogP contribution in [0.4, 0.5) is 8.78 Å². The average Bonchev–Trinajstić information content (AvgIpc) is 3.10. The van der Waals surface area contributed by atoms with E-state index in [0.717, 1.165) is 0 Å². The number of aromatic amines is 1. The number of benzene rings is 2. The lowest BCUT2D eigenvalue weighted by Gasteiger charge is -2.05. The van der Waals surface area contributed by atoms with E-state index in [-0.39, 0.29) is 29.2 Å². The molecule has 0 fully saturated rings. The van der Waals surface area contributed by atoms with Crippen LogP contribution >= 0.6 is 0 Å². The highest BCUT2D eigenvalue weighted by molar-refractivity contribution is 5.96. The zero-order valence-corrected chi connectivity index (χ0v) is 14.2. The van der Waals surface area contributed by atoms with E-state index in [9.17, 15) is 18.4 Å². The maximum absolute atomic E-state index is 12.4. The van der Waals surface area contributed by atoms with Gasteiger partial charge < -0.3 is 14.5 Å². The van der Waals surface area contributed by atoms with Gasteiger partial charge in [-0.3, -0.25) is 9.59 Å². The predicted octanol–water partition coefficient (Wildman–Crippen LogP) is 3.20. The molecule has 2 aromatic heterocycles. The van der Waals surface area contributed by atoms with E-state index in [4.69, 9.17) is 4.42 Å². The van der Waals surface area contributed by atoms with Crippen LogP contribution in [-0.4, -0.2) is 22.7 Å². The van der Waals surface area contributed by atoms with Crippen molar-refractivity contribution < 1.29 is 22.7 Å². The van der Waals surface area contributed by atoms with Crippen molar-refractivity contribution in [2.75, 3.05) is 0 Å². The smallest absolute Gasteiger partial charge is 0.387 e. The van der Waals surface area contributed by atoms with Crippen molar-refractivity contribution in [2.24, 2.45) is 0 Å². The first-order valence-corrected chi connectivity index (χ1v) is 8.24. The van der Waals surface area contributed by atoms with Gasteiger partial charge in [0, 0.05) is 16.8 Å². The molecular formula is C19H13F2N3O4. The molecule has 0 aliphatic carbocycles. The lowest BCUT2D eigenvalue weighted by Crippen LogP contribution is -2.24. The van der Waals surface area contributed by atoms with Gasteiger partial charge in [0.2, 0.25) is 0 Å². The quantitative estimate of drug-likeness (QED) is 0.550. The Bertz CT molecular complexity index is 1230. The topological polar surface area (TPSA) is 97.2 Å². The largest absolute Gasteiger partial charge is 0.451 e. The van der Waals surface area contributed by atoms with Gasteiger partial charge in [-0.25, -0.2) is 5.10 Å². The highest BCUT2D eigenvalue weighted by Gasteiger charge is 2.15. The fourth-order valence-corrected chi connectivity index (χ4v) is 2.86. The van der Waals surface area contributed by atoms with Gasteiger partial charge in [0.05, 0.1) is 17.6 Å². The molecule has 4 aromatic rings. The second-order valence-corrected chi connectivity index (χ2v) is 5.92. The molecule has 2 heterocycles. The molecule has 9 heteroatoms. The summed E-state index contributed by atoms with van der Waals surface area (Å²) in [6.45, 7) is -2.89. The Morgan fingerprint density at radius 1 is 1.18 bits per heavy atom. The summed E-state index contributed by atoms with van der Waals surface area (Å²) >= 11 is 0. The van der Waals surface area contributed by atoms with E-state index in [0.29, 0.717) is 21.9 Å². The molecule has 0 unspecified atom stereocenters. The van der Waals surface area contributed by atoms with Gasteiger partial charge in [-0.05, 0) is 24.3 Å². The third-order valence-corrected chi connectivity index (χ3v) is 4.13. The van der Waals surface area contributed by atoms with Crippen LogP contribution in [0.25, 0.3) is 21.7 Å². The number of rotatable bonds is 5. The van der Waals surface area contributed by atoms with Crippen molar-refractivity contribution in [3.8, 4) is 5.75 Å². The van der Waals surface area contributed by atoms with Crippen molar-refractivity contribution >= 4 is 27.6 Å². The van der Waals surface area contributed by atoms with Gasteiger partial charge in [0.25, 0.3) is 11.5 Å². The lowest BCUT2D eigenvalue weighted by atomic mass is 10.1. The van der Waals surface area contributed by atoms with E-state index < -0.39 is 12.5 Å². The third-order valence-electron chi connectivity index (χ3n) is 4.13. The minimum Gasteiger partial charge on any atom is -0.451 e. The highest BCUT2D eigenvalue weighted by atomic mass is 19.3. The standard InChI is InChI=1S/C19H13F2N3O4/c20-19(21)27-11-6-5-10-7-16(28-15(10)8-11)18(26)22-9-14-12-3-1-2-4-13(12)17(25)24-23-14/h1-8,19H,9H2,(H,22,26)(H,24,25). The summed E-state index contributed by atoms with van der Waals surface area (Å²) in [6.07, 6.45) is 0. The Balaban J connectivity index is 1.54. The Morgan fingerprint density at radius 2 is 1.96 bits per heavy atom. The molecule has 7 nitrogen and oxygen atoms in total. The molecule has 1 amide bonds. The summed E-state index contributed by atoms with van der Waals surface area (Å²) in [5.74, 6) is -0.560. The zero-order valence-electron chi connectivity index (χ0n) is 14.2. The SMILES string of the molecule is O=C(NCc1n[nH]c(=O)c2ccccc12)c1cc2ccc(OC(F)F)cc2o1. The van der Waals surface area contributed by atoms with Gasteiger partial charge in [0.15, 0.2) is 5.76 Å². The number of fused-ring (bicyclic) bond motifs is 2. The van der Waals surface area contributed by atoms with Crippen molar-refractivity contribution in [1.29, 1.82) is 0 Å². The molecule has 0 spiro atoms. The number of hydrogen-bond donors (Lipinski definition) is 2. The van der Waals surface area contributed by atoms with Crippen LogP contribution in [0.1, 0.15) is 16.2 Å². The molecule has 0 bridgehead atoms. The summed E-state index contributed by atoms with van der Waals surface area (Å²) in [7, 11) is 0. The van der Waals surface area contributed by atoms with Crippen LogP contribution in [-0.2, 0) is 6.54 Å². The van der Waals surface area contributed by atoms with Crippen molar-refractivity contribution in [1.82, 2.24) is 15.5 Å². The first kappa shape index (κ1) is 17.7. The maximum atomic E-state index is 12.4. The van der Waals surface area contributed by atoms with Gasteiger partial charge in [-0.2, -0.15) is 13.9 Å². The first-order valence-electron chi connectivity index (χ1n) is 8.24. The molecule has 0 aliphatic rings. The summed E-state index contributed by atoms with van der Waals surface area (Å²) in [4.78, 5) is 24.2. The van der Waals surface area contributed by atoms with E-state index in [2.05, 4.69) is 20.3 Å². The number of hydrogen-bond acceptors (Lipinski definition) is 5. The second-order valence-electron chi connectivity index (χ2n) is 5.92. The van der Waals surface area contributed by atoms with E-state index in [1.807, 2.05) is 0 Å². The van der Waals surface area contributed by atoms with Crippen molar-refractivity contribution in [2.45, 2.75) is 13.2 Å². The van der Waals surface area contributed by atoms with Crippen molar-refractivity contribution in [3.05, 3.63) is 70.3 Å². The Hall–Kier alpha value is -3.75. The van der Waals surface area contributed by atoms with Gasteiger partial charge in [-0.15, -0.1) is 0 Å². The summed E-state index contributed by atoms with van der Waals surface area (Å²) in [5.41, 5.74) is 0.424. The molecule has 0 saturated carbocycles. The minimum absolute atomic E-state index is 0.0120. The third kappa shape index (κ3) is 3.41. The Morgan fingerprint density at radius 3 is 2.75 bits per heavy atom. The molecule has 0 atom stereocenters. The van der Waals surface area contributed by atoms with Gasteiger partial charge >= 0.3 is 6.61 Å². The minimum atomic E-state index is -2.95. The lowest BCUT2D eigenvalue weighted by molar-refractivity contribution is -0.0497. The zero-order chi connectivity index (χ0) is 19.7. The van der Waals surface area contributed by atoms with Crippen LogP contribution < -0.4 is 15.6 Å². The molecular weight excluding hydrogens is 372 g/mol. The number of amides is 1. The fraction of sp³-hybridized carbons (Fsp3) is 0.105. The summed E-state index contributed by atoms with van der Waals surface area (Å²) in [6, 6.07) is 12.6. The molecule has 4 rings (SSSR count). The molecule has 2 aromatic carbocycles. The number of alkyl halides is 2. The Labute approximate surface area is 155 Å². The fourth-order valence-electron chi connectivity index (χ4n) is 2.86. The Kier molecular flexibility index (Phi) is 4.48. The maximum Gasteiger partial charge on any atom is 0.387 e. The number of H-pyrrole nitrogens is 1. The van der Waals surface area contributed by atoms with Gasteiger partial charge in [-0.1, -0.05) is 18.2 Å². The number of carbonyl (C=O) groups excluding carboxylic acids is 1. The van der Waals surface area contributed by atoms with Crippen LogP contribution in [0, 0.1) is 0 Å². The molecule has 0 saturated heterocycles. The number of halogens is 2. The number of nitrogens with one attached hydrogen (secondary N) is 2. The van der Waals surface area contributed by atoms with Crippen LogP contribution in [0.3, 0.4) is 0 Å². The molecule has 28 heavy (non-hydrogen) atoms. The van der Waals surface area contributed by atoms with Crippen LogP contribution in [0.15, 0.2) is 57.7 Å². The van der Waals surface area contributed by atoms with Crippen LogP contribution in [0.2, 0.25) is 0 Å².